The Kier molecular flexibility index (Phi) is 4.53. The van der Waals surface area contributed by atoms with Crippen molar-refractivity contribution in [1.29, 1.82) is 0 Å². The summed E-state index contributed by atoms with van der Waals surface area (Å²) >= 11 is 0. The van der Waals surface area contributed by atoms with E-state index in [1.165, 1.54) is 0 Å². The van der Waals surface area contributed by atoms with Gasteiger partial charge in [-0.25, -0.2) is 15.8 Å². The SMILES string of the molecule is CCN(c1ccccc1)c1ncnc(NN)c1C(C)C. The highest BCUT2D eigenvalue weighted by Gasteiger charge is 2.19. The maximum Gasteiger partial charge on any atom is 0.148 e. The van der Waals surface area contributed by atoms with E-state index in [1.807, 2.05) is 18.2 Å². The Labute approximate surface area is 119 Å². The molecular weight excluding hydrogens is 250 g/mol. The van der Waals surface area contributed by atoms with Crippen LogP contribution in [-0.2, 0) is 0 Å². The first-order valence-corrected chi connectivity index (χ1v) is 6.83. The third-order valence-electron chi connectivity index (χ3n) is 3.22. The van der Waals surface area contributed by atoms with Crippen molar-refractivity contribution in [1.82, 2.24) is 9.97 Å². The van der Waals surface area contributed by atoms with E-state index in [2.05, 4.69) is 53.2 Å². The molecule has 106 valence electrons. The summed E-state index contributed by atoms with van der Waals surface area (Å²) in [6.07, 6.45) is 1.54. The fourth-order valence-corrected chi connectivity index (χ4v) is 2.31. The lowest BCUT2D eigenvalue weighted by Crippen LogP contribution is -2.22. The van der Waals surface area contributed by atoms with Crippen LogP contribution in [0.2, 0.25) is 0 Å². The van der Waals surface area contributed by atoms with Crippen LogP contribution in [0.5, 0.6) is 0 Å². The number of anilines is 3. The zero-order valence-electron chi connectivity index (χ0n) is 12.2. The van der Waals surface area contributed by atoms with E-state index in [0.717, 1.165) is 23.6 Å². The Morgan fingerprint density at radius 2 is 1.90 bits per heavy atom. The zero-order chi connectivity index (χ0) is 14.5. The molecule has 0 unspecified atom stereocenters. The third kappa shape index (κ3) is 2.72. The minimum Gasteiger partial charge on any atom is -0.326 e. The van der Waals surface area contributed by atoms with Crippen LogP contribution in [-0.4, -0.2) is 16.5 Å². The van der Waals surface area contributed by atoms with Crippen LogP contribution in [0.3, 0.4) is 0 Å². The number of nitrogens with one attached hydrogen (secondary N) is 1. The summed E-state index contributed by atoms with van der Waals surface area (Å²) in [5.74, 6) is 7.43. The fraction of sp³-hybridized carbons (Fsp3) is 0.333. The summed E-state index contributed by atoms with van der Waals surface area (Å²) in [6, 6.07) is 10.2. The maximum atomic E-state index is 5.58. The molecule has 1 aromatic carbocycles. The molecule has 0 radical (unpaired) electrons. The van der Waals surface area contributed by atoms with Gasteiger partial charge in [0.2, 0.25) is 0 Å². The summed E-state index contributed by atoms with van der Waals surface area (Å²) in [5, 5.41) is 0. The number of nitrogen functional groups attached to an aromatic ring is 1. The van der Waals surface area contributed by atoms with E-state index in [1.54, 1.807) is 6.33 Å². The minimum absolute atomic E-state index is 0.273. The van der Waals surface area contributed by atoms with Gasteiger partial charge in [0.15, 0.2) is 0 Å². The van der Waals surface area contributed by atoms with Crippen molar-refractivity contribution >= 4 is 17.3 Å². The van der Waals surface area contributed by atoms with Gasteiger partial charge in [-0.05, 0) is 25.0 Å². The predicted octanol–water partition coefficient (Wildman–Crippen LogP) is 3.04. The molecule has 0 saturated heterocycles. The monoisotopic (exact) mass is 271 g/mol. The van der Waals surface area contributed by atoms with E-state index < -0.39 is 0 Å². The van der Waals surface area contributed by atoms with Crippen molar-refractivity contribution < 1.29 is 0 Å². The Morgan fingerprint density at radius 1 is 1.20 bits per heavy atom. The second-order valence-electron chi connectivity index (χ2n) is 4.84. The van der Waals surface area contributed by atoms with Gasteiger partial charge < -0.3 is 10.3 Å². The van der Waals surface area contributed by atoms with Crippen LogP contribution in [0.15, 0.2) is 36.7 Å². The van der Waals surface area contributed by atoms with Crippen LogP contribution in [0.25, 0.3) is 0 Å². The van der Waals surface area contributed by atoms with Crippen molar-refractivity contribution in [3.63, 3.8) is 0 Å². The molecule has 20 heavy (non-hydrogen) atoms. The molecule has 5 heteroatoms. The van der Waals surface area contributed by atoms with Crippen LogP contribution in [0.1, 0.15) is 32.3 Å². The molecule has 0 aliphatic heterocycles. The number of nitrogens with two attached hydrogens (primary N) is 1. The van der Waals surface area contributed by atoms with E-state index in [-0.39, 0.29) is 5.92 Å². The van der Waals surface area contributed by atoms with Gasteiger partial charge in [-0.2, -0.15) is 0 Å². The molecule has 3 N–H and O–H groups in total. The zero-order valence-corrected chi connectivity index (χ0v) is 12.2. The van der Waals surface area contributed by atoms with Crippen LogP contribution >= 0.6 is 0 Å². The number of hydrogen-bond donors (Lipinski definition) is 2. The minimum atomic E-state index is 0.273. The van der Waals surface area contributed by atoms with Gasteiger partial charge in [0.1, 0.15) is 18.0 Å². The average molecular weight is 271 g/mol. The first-order chi connectivity index (χ1) is 9.69. The second-order valence-corrected chi connectivity index (χ2v) is 4.84. The number of para-hydroxylation sites is 1. The van der Waals surface area contributed by atoms with E-state index in [9.17, 15) is 0 Å². The van der Waals surface area contributed by atoms with Crippen molar-refractivity contribution in [3.8, 4) is 0 Å². The molecule has 0 aliphatic carbocycles. The molecule has 0 bridgehead atoms. The lowest BCUT2D eigenvalue weighted by molar-refractivity contribution is 0.830. The van der Waals surface area contributed by atoms with E-state index in [0.29, 0.717) is 5.82 Å². The van der Waals surface area contributed by atoms with E-state index in [4.69, 9.17) is 5.84 Å². The molecule has 1 aromatic heterocycles. The first-order valence-electron chi connectivity index (χ1n) is 6.83. The summed E-state index contributed by atoms with van der Waals surface area (Å²) in [4.78, 5) is 10.9. The Hall–Kier alpha value is -2.14. The highest BCUT2D eigenvalue weighted by atomic mass is 15.3. The van der Waals surface area contributed by atoms with Crippen molar-refractivity contribution in [3.05, 3.63) is 42.2 Å². The largest absolute Gasteiger partial charge is 0.326 e. The van der Waals surface area contributed by atoms with Gasteiger partial charge in [-0.1, -0.05) is 32.0 Å². The molecule has 0 saturated carbocycles. The third-order valence-corrected chi connectivity index (χ3v) is 3.22. The molecular formula is C15H21N5. The highest BCUT2D eigenvalue weighted by molar-refractivity contribution is 5.68. The molecule has 0 spiro atoms. The number of benzene rings is 1. The number of aromatic nitrogens is 2. The van der Waals surface area contributed by atoms with Crippen molar-refractivity contribution in [2.75, 3.05) is 16.9 Å². The Bertz CT molecular complexity index is 553. The number of hydrazine groups is 1. The molecule has 0 amide bonds. The number of hydrogen-bond acceptors (Lipinski definition) is 5. The summed E-state index contributed by atoms with van der Waals surface area (Å²) < 4.78 is 0. The van der Waals surface area contributed by atoms with Gasteiger partial charge in [0, 0.05) is 17.8 Å². The molecule has 0 atom stereocenters. The molecule has 5 nitrogen and oxygen atoms in total. The highest BCUT2D eigenvalue weighted by Crippen LogP contribution is 2.33. The topological polar surface area (TPSA) is 67.1 Å². The summed E-state index contributed by atoms with van der Waals surface area (Å²) in [7, 11) is 0. The summed E-state index contributed by atoms with van der Waals surface area (Å²) in [5.41, 5.74) is 4.81. The molecule has 2 rings (SSSR count). The fourth-order valence-electron chi connectivity index (χ4n) is 2.31. The number of rotatable bonds is 5. The Balaban J connectivity index is 2.55. The normalized spacial score (nSPS) is 10.7. The smallest absolute Gasteiger partial charge is 0.148 e. The Morgan fingerprint density at radius 3 is 2.45 bits per heavy atom. The average Bonchev–Trinajstić information content (AvgIpc) is 2.48. The van der Waals surface area contributed by atoms with Crippen LogP contribution in [0.4, 0.5) is 17.3 Å². The van der Waals surface area contributed by atoms with Crippen molar-refractivity contribution in [2.24, 2.45) is 5.84 Å². The van der Waals surface area contributed by atoms with Crippen molar-refractivity contribution in [2.45, 2.75) is 26.7 Å². The molecule has 2 aromatic rings. The maximum absolute atomic E-state index is 5.58. The van der Waals surface area contributed by atoms with Gasteiger partial charge in [0.25, 0.3) is 0 Å². The molecule has 0 fully saturated rings. The molecule has 0 aliphatic rings. The lowest BCUT2D eigenvalue weighted by atomic mass is 10.0. The second kappa shape index (κ2) is 6.34. The van der Waals surface area contributed by atoms with Crippen LogP contribution in [0, 0.1) is 0 Å². The van der Waals surface area contributed by atoms with Gasteiger partial charge >= 0.3 is 0 Å². The number of nitrogens with zero attached hydrogens (tertiary/aromatic N) is 3. The van der Waals surface area contributed by atoms with Crippen LogP contribution < -0.4 is 16.2 Å². The predicted molar refractivity (Wildman–Crippen MR) is 83.1 cm³/mol. The van der Waals surface area contributed by atoms with Gasteiger partial charge in [-0.15, -0.1) is 0 Å². The standard InChI is InChI=1S/C15H21N5/c1-4-20(12-8-6-5-7-9-12)15-13(11(2)3)14(19-16)17-10-18-15/h5-11H,4,16H2,1-3H3,(H,17,18,19). The van der Waals surface area contributed by atoms with Gasteiger partial charge in [-0.3, -0.25) is 0 Å². The molecule has 1 heterocycles. The van der Waals surface area contributed by atoms with Gasteiger partial charge in [0.05, 0.1) is 0 Å². The first kappa shape index (κ1) is 14.3. The van der Waals surface area contributed by atoms with E-state index >= 15 is 0 Å². The summed E-state index contributed by atoms with van der Waals surface area (Å²) in [6.45, 7) is 7.16. The quantitative estimate of drug-likeness (QED) is 0.646. The lowest BCUT2D eigenvalue weighted by Gasteiger charge is -2.26.